The molecule has 6 nitrogen and oxygen atoms in total. The molecule has 0 atom stereocenters. The highest BCUT2D eigenvalue weighted by Crippen LogP contribution is 2.18. The van der Waals surface area contributed by atoms with Gasteiger partial charge in [0.2, 0.25) is 0 Å². The minimum absolute atomic E-state index is 0.0932. The van der Waals surface area contributed by atoms with Crippen molar-refractivity contribution < 1.29 is 14.3 Å². The number of rotatable bonds is 9. The molecule has 0 aliphatic heterocycles. The van der Waals surface area contributed by atoms with E-state index in [0.29, 0.717) is 30.0 Å². The van der Waals surface area contributed by atoms with E-state index in [2.05, 4.69) is 17.2 Å². The lowest BCUT2D eigenvalue weighted by atomic mass is 10.1. The zero-order valence-electron chi connectivity index (χ0n) is 17.5. The van der Waals surface area contributed by atoms with Crippen LogP contribution in [0.3, 0.4) is 0 Å². The number of hydrogen-bond donors (Lipinski definition) is 2. The minimum atomic E-state index is -0.280. The van der Waals surface area contributed by atoms with Gasteiger partial charge in [-0.3, -0.25) is 9.59 Å². The molecule has 2 rings (SSSR count). The van der Waals surface area contributed by atoms with Crippen LogP contribution in [0.5, 0.6) is 5.75 Å². The maximum atomic E-state index is 12.4. The Morgan fingerprint density at radius 2 is 1.79 bits per heavy atom. The van der Waals surface area contributed by atoms with E-state index in [-0.39, 0.29) is 18.4 Å². The lowest BCUT2D eigenvalue weighted by Crippen LogP contribution is -2.31. The molecule has 29 heavy (non-hydrogen) atoms. The fourth-order valence-electron chi connectivity index (χ4n) is 2.73. The van der Waals surface area contributed by atoms with E-state index in [1.807, 2.05) is 69.2 Å². The Morgan fingerprint density at radius 3 is 2.48 bits per heavy atom. The molecule has 0 aliphatic carbocycles. The molecule has 0 saturated heterocycles. The third-order valence-corrected chi connectivity index (χ3v) is 4.51. The zero-order valence-corrected chi connectivity index (χ0v) is 17.5. The van der Waals surface area contributed by atoms with Gasteiger partial charge in [-0.25, -0.2) is 0 Å². The number of benzene rings is 2. The second-order valence-electron chi connectivity index (χ2n) is 7.10. The number of para-hydroxylation sites is 1. The van der Waals surface area contributed by atoms with Gasteiger partial charge in [0.15, 0.2) is 6.61 Å². The topological polar surface area (TPSA) is 70.7 Å². The average molecular weight is 396 g/mol. The fraction of sp³-hybridized carbons (Fsp3) is 0.304. The predicted molar refractivity (Wildman–Crippen MR) is 116 cm³/mol. The summed E-state index contributed by atoms with van der Waals surface area (Å²) in [5.74, 6) is 0.213. The SMILES string of the molecule is C=C(CCNC(=O)c1ccccc1N(C)C)NC(=O)COc1ccc(C)c(C)c1. The molecule has 0 bridgehead atoms. The highest BCUT2D eigenvalue weighted by atomic mass is 16.5. The molecule has 0 spiro atoms. The summed E-state index contributed by atoms with van der Waals surface area (Å²) in [6.07, 6.45) is 0.436. The number of carbonyl (C=O) groups is 2. The van der Waals surface area contributed by atoms with Gasteiger partial charge in [0, 0.05) is 38.4 Å². The normalized spacial score (nSPS) is 10.2. The van der Waals surface area contributed by atoms with Gasteiger partial charge < -0.3 is 20.3 Å². The van der Waals surface area contributed by atoms with Crippen molar-refractivity contribution in [3.8, 4) is 5.75 Å². The van der Waals surface area contributed by atoms with E-state index < -0.39 is 0 Å². The van der Waals surface area contributed by atoms with E-state index in [1.54, 1.807) is 6.07 Å². The van der Waals surface area contributed by atoms with Crippen molar-refractivity contribution in [3.05, 3.63) is 71.4 Å². The molecule has 0 aliphatic rings. The summed E-state index contributed by atoms with van der Waals surface area (Å²) in [7, 11) is 3.78. The van der Waals surface area contributed by atoms with Gasteiger partial charge in [-0.2, -0.15) is 0 Å². The monoisotopic (exact) mass is 395 g/mol. The molecule has 0 aromatic heterocycles. The molecule has 0 radical (unpaired) electrons. The van der Waals surface area contributed by atoms with Crippen LogP contribution in [0.1, 0.15) is 27.9 Å². The maximum absolute atomic E-state index is 12.4. The minimum Gasteiger partial charge on any atom is -0.484 e. The van der Waals surface area contributed by atoms with Crippen LogP contribution in [-0.4, -0.2) is 39.1 Å². The molecular weight excluding hydrogens is 366 g/mol. The number of nitrogens with zero attached hydrogens (tertiary/aromatic N) is 1. The van der Waals surface area contributed by atoms with Crippen LogP contribution in [0.25, 0.3) is 0 Å². The first-order valence-corrected chi connectivity index (χ1v) is 9.50. The molecule has 154 valence electrons. The number of hydrogen-bond acceptors (Lipinski definition) is 4. The number of nitrogens with one attached hydrogen (secondary N) is 2. The maximum Gasteiger partial charge on any atom is 0.262 e. The van der Waals surface area contributed by atoms with E-state index in [9.17, 15) is 9.59 Å². The lowest BCUT2D eigenvalue weighted by molar-refractivity contribution is -0.122. The Balaban J connectivity index is 1.74. The quantitative estimate of drug-likeness (QED) is 0.684. The number of ether oxygens (including phenoxy) is 1. The second-order valence-corrected chi connectivity index (χ2v) is 7.10. The molecule has 6 heteroatoms. The van der Waals surface area contributed by atoms with E-state index in [4.69, 9.17) is 4.74 Å². The van der Waals surface area contributed by atoms with Crippen LogP contribution in [0.15, 0.2) is 54.7 Å². The van der Waals surface area contributed by atoms with Gasteiger partial charge in [-0.15, -0.1) is 0 Å². The van der Waals surface area contributed by atoms with Crippen LogP contribution in [0.2, 0.25) is 0 Å². The van der Waals surface area contributed by atoms with Crippen molar-refractivity contribution in [1.29, 1.82) is 0 Å². The average Bonchev–Trinajstić information content (AvgIpc) is 2.68. The van der Waals surface area contributed by atoms with Crippen molar-refractivity contribution >= 4 is 17.5 Å². The molecule has 0 unspecified atom stereocenters. The van der Waals surface area contributed by atoms with Gasteiger partial charge in [0.1, 0.15) is 5.75 Å². The predicted octanol–water partition coefficient (Wildman–Crippen LogP) is 3.20. The van der Waals surface area contributed by atoms with Crippen LogP contribution >= 0.6 is 0 Å². The van der Waals surface area contributed by atoms with Crippen LogP contribution in [0, 0.1) is 13.8 Å². The summed E-state index contributed by atoms with van der Waals surface area (Å²) in [5, 5.41) is 5.56. The largest absolute Gasteiger partial charge is 0.484 e. The number of carbonyl (C=O) groups excluding carboxylic acids is 2. The molecule has 2 aromatic rings. The third kappa shape index (κ3) is 6.68. The second kappa shape index (κ2) is 10.3. The number of aryl methyl sites for hydroxylation is 2. The lowest BCUT2D eigenvalue weighted by Gasteiger charge is -2.17. The third-order valence-electron chi connectivity index (χ3n) is 4.51. The highest BCUT2D eigenvalue weighted by Gasteiger charge is 2.12. The van der Waals surface area contributed by atoms with Crippen molar-refractivity contribution in [3.63, 3.8) is 0 Å². The Morgan fingerprint density at radius 1 is 1.07 bits per heavy atom. The molecule has 2 aromatic carbocycles. The molecule has 2 amide bonds. The fourth-order valence-corrected chi connectivity index (χ4v) is 2.73. The molecular formula is C23H29N3O3. The highest BCUT2D eigenvalue weighted by molar-refractivity contribution is 5.99. The van der Waals surface area contributed by atoms with E-state index in [1.165, 1.54) is 5.56 Å². The van der Waals surface area contributed by atoms with Gasteiger partial charge >= 0.3 is 0 Å². The zero-order chi connectivity index (χ0) is 21.4. The standard InChI is InChI=1S/C23H29N3O3/c1-16-10-11-19(14-17(16)2)29-15-22(27)25-18(3)12-13-24-23(28)20-8-6-7-9-21(20)26(4)5/h6-11,14H,3,12-13,15H2,1-2,4-5H3,(H,24,28)(H,25,27). The Kier molecular flexibility index (Phi) is 7.83. The molecule has 0 fully saturated rings. The Hall–Kier alpha value is -3.28. The summed E-state index contributed by atoms with van der Waals surface area (Å²) >= 11 is 0. The molecule has 0 heterocycles. The molecule has 2 N–H and O–H groups in total. The summed E-state index contributed by atoms with van der Waals surface area (Å²) in [4.78, 5) is 26.3. The van der Waals surface area contributed by atoms with Crippen LogP contribution in [0.4, 0.5) is 5.69 Å². The van der Waals surface area contributed by atoms with Crippen molar-refractivity contribution in [1.82, 2.24) is 10.6 Å². The summed E-state index contributed by atoms with van der Waals surface area (Å²) in [5.41, 5.74) is 4.26. The first-order chi connectivity index (χ1) is 13.8. The first kappa shape index (κ1) is 22.0. The van der Waals surface area contributed by atoms with Gasteiger partial charge in [0.05, 0.1) is 5.56 Å². The van der Waals surface area contributed by atoms with Gasteiger partial charge in [-0.05, 0) is 49.2 Å². The Bertz CT molecular complexity index is 891. The van der Waals surface area contributed by atoms with Crippen LogP contribution in [-0.2, 0) is 4.79 Å². The van der Waals surface area contributed by atoms with Gasteiger partial charge in [-0.1, -0.05) is 24.8 Å². The van der Waals surface area contributed by atoms with Crippen LogP contribution < -0.4 is 20.3 Å². The number of amides is 2. The van der Waals surface area contributed by atoms with E-state index in [0.717, 1.165) is 11.3 Å². The van der Waals surface area contributed by atoms with Crippen molar-refractivity contribution in [2.75, 3.05) is 32.1 Å². The van der Waals surface area contributed by atoms with Crippen molar-refractivity contribution in [2.45, 2.75) is 20.3 Å². The van der Waals surface area contributed by atoms with Gasteiger partial charge in [0.25, 0.3) is 11.8 Å². The molecule has 0 saturated carbocycles. The smallest absolute Gasteiger partial charge is 0.262 e. The summed E-state index contributed by atoms with van der Waals surface area (Å²) < 4.78 is 5.51. The number of anilines is 1. The Labute approximate surface area is 172 Å². The first-order valence-electron chi connectivity index (χ1n) is 9.50. The van der Waals surface area contributed by atoms with E-state index >= 15 is 0 Å². The summed E-state index contributed by atoms with van der Waals surface area (Å²) in [6, 6.07) is 13.1. The summed E-state index contributed by atoms with van der Waals surface area (Å²) in [6.45, 7) is 8.14. The van der Waals surface area contributed by atoms with Crippen molar-refractivity contribution in [2.24, 2.45) is 0 Å².